The van der Waals surface area contributed by atoms with Gasteiger partial charge in [0.25, 0.3) is 0 Å². The molecule has 2 aromatic rings. The fourth-order valence-electron chi connectivity index (χ4n) is 1.61. The van der Waals surface area contributed by atoms with Crippen molar-refractivity contribution in [2.75, 3.05) is 7.11 Å². The second kappa shape index (κ2) is 5.14. The SMILES string of the molecule is COC(=O)c1ccc(C)c(-c2cncc(Cl)n2)c1. The summed E-state index contributed by atoms with van der Waals surface area (Å²) in [5.41, 5.74) is 2.90. The summed E-state index contributed by atoms with van der Waals surface area (Å²) in [6.07, 6.45) is 3.07. The lowest BCUT2D eigenvalue weighted by molar-refractivity contribution is 0.0601. The molecular weight excluding hydrogens is 252 g/mol. The number of rotatable bonds is 2. The molecule has 1 heterocycles. The Morgan fingerprint density at radius 1 is 1.33 bits per heavy atom. The molecule has 0 aliphatic carbocycles. The first-order valence-electron chi connectivity index (χ1n) is 5.28. The third-order valence-corrected chi connectivity index (χ3v) is 2.72. The molecule has 4 nitrogen and oxygen atoms in total. The predicted molar refractivity (Wildman–Crippen MR) is 68.6 cm³/mol. The lowest BCUT2D eigenvalue weighted by atomic mass is 10.0. The van der Waals surface area contributed by atoms with Gasteiger partial charge in [0.1, 0.15) is 5.15 Å². The van der Waals surface area contributed by atoms with Gasteiger partial charge in [0.2, 0.25) is 0 Å². The standard InChI is InChI=1S/C13H11ClN2O2/c1-8-3-4-9(13(17)18-2)5-10(8)11-6-15-7-12(14)16-11/h3-7H,1-2H3. The zero-order valence-corrected chi connectivity index (χ0v) is 10.7. The average molecular weight is 263 g/mol. The van der Waals surface area contributed by atoms with Crippen molar-refractivity contribution >= 4 is 17.6 Å². The van der Waals surface area contributed by atoms with Crippen LogP contribution in [0, 0.1) is 6.92 Å². The molecule has 0 N–H and O–H groups in total. The predicted octanol–water partition coefficient (Wildman–Crippen LogP) is 2.89. The first-order chi connectivity index (χ1) is 8.61. The van der Waals surface area contributed by atoms with Crippen LogP contribution in [-0.2, 0) is 4.74 Å². The summed E-state index contributed by atoms with van der Waals surface area (Å²) in [7, 11) is 1.35. The topological polar surface area (TPSA) is 52.1 Å². The molecule has 1 aromatic carbocycles. The van der Waals surface area contributed by atoms with E-state index in [4.69, 9.17) is 11.6 Å². The average Bonchev–Trinajstić information content (AvgIpc) is 2.38. The van der Waals surface area contributed by atoms with E-state index in [1.165, 1.54) is 13.3 Å². The number of aryl methyl sites for hydroxylation is 1. The Bertz CT molecular complexity index is 599. The Morgan fingerprint density at radius 2 is 2.11 bits per heavy atom. The van der Waals surface area contributed by atoms with Crippen LogP contribution in [0.1, 0.15) is 15.9 Å². The van der Waals surface area contributed by atoms with Gasteiger partial charge in [0, 0.05) is 5.56 Å². The second-order valence-electron chi connectivity index (χ2n) is 3.75. The van der Waals surface area contributed by atoms with Gasteiger partial charge < -0.3 is 4.74 Å². The molecule has 5 heteroatoms. The number of methoxy groups -OCH3 is 1. The first kappa shape index (κ1) is 12.5. The van der Waals surface area contributed by atoms with E-state index >= 15 is 0 Å². The number of esters is 1. The van der Waals surface area contributed by atoms with Crippen LogP contribution in [-0.4, -0.2) is 23.0 Å². The van der Waals surface area contributed by atoms with E-state index < -0.39 is 0 Å². The summed E-state index contributed by atoms with van der Waals surface area (Å²) in [6, 6.07) is 5.27. The van der Waals surface area contributed by atoms with E-state index in [0.717, 1.165) is 11.1 Å². The molecule has 0 aliphatic rings. The van der Waals surface area contributed by atoms with Crippen molar-refractivity contribution in [2.45, 2.75) is 6.92 Å². The minimum atomic E-state index is -0.383. The fraction of sp³-hybridized carbons (Fsp3) is 0.154. The molecule has 0 bridgehead atoms. The van der Waals surface area contributed by atoms with Crippen molar-refractivity contribution in [2.24, 2.45) is 0 Å². The zero-order valence-electron chi connectivity index (χ0n) is 9.98. The summed E-state index contributed by atoms with van der Waals surface area (Å²) in [4.78, 5) is 19.7. The lowest BCUT2D eigenvalue weighted by Crippen LogP contribution is -2.02. The third kappa shape index (κ3) is 2.49. The highest BCUT2D eigenvalue weighted by molar-refractivity contribution is 6.29. The number of nitrogens with zero attached hydrogens (tertiary/aromatic N) is 2. The first-order valence-corrected chi connectivity index (χ1v) is 5.66. The highest BCUT2D eigenvalue weighted by Gasteiger charge is 2.10. The van der Waals surface area contributed by atoms with E-state index in [-0.39, 0.29) is 5.97 Å². The maximum atomic E-state index is 11.5. The number of aromatic nitrogens is 2. The summed E-state index contributed by atoms with van der Waals surface area (Å²) < 4.78 is 4.69. The van der Waals surface area contributed by atoms with E-state index in [1.807, 2.05) is 13.0 Å². The quantitative estimate of drug-likeness (QED) is 0.781. The largest absolute Gasteiger partial charge is 0.465 e. The number of carbonyl (C=O) groups is 1. The van der Waals surface area contributed by atoms with Gasteiger partial charge in [-0.25, -0.2) is 9.78 Å². The molecule has 0 saturated heterocycles. The second-order valence-corrected chi connectivity index (χ2v) is 4.14. The maximum absolute atomic E-state index is 11.5. The molecule has 92 valence electrons. The van der Waals surface area contributed by atoms with Crippen molar-refractivity contribution in [3.8, 4) is 11.3 Å². The Morgan fingerprint density at radius 3 is 2.78 bits per heavy atom. The van der Waals surface area contributed by atoms with Crippen LogP contribution >= 0.6 is 11.6 Å². The van der Waals surface area contributed by atoms with Gasteiger partial charge in [-0.3, -0.25) is 4.98 Å². The van der Waals surface area contributed by atoms with Crippen LogP contribution in [0.5, 0.6) is 0 Å². The molecule has 0 aliphatic heterocycles. The van der Waals surface area contributed by atoms with Gasteiger partial charge in [-0.1, -0.05) is 17.7 Å². The molecule has 1 aromatic heterocycles. The molecule has 0 unspecified atom stereocenters. The van der Waals surface area contributed by atoms with Crippen LogP contribution in [0.3, 0.4) is 0 Å². The van der Waals surface area contributed by atoms with Crippen molar-refractivity contribution in [1.82, 2.24) is 9.97 Å². The lowest BCUT2D eigenvalue weighted by Gasteiger charge is -2.07. The molecule has 18 heavy (non-hydrogen) atoms. The third-order valence-electron chi connectivity index (χ3n) is 2.54. The molecule has 0 fully saturated rings. The minimum absolute atomic E-state index is 0.315. The number of ether oxygens (including phenoxy) is 1. The Hall–Kier alpha value is -1.94. The number of halogens is 1. The van der Waals surface area contributed by atoms with Gasteiger partial charge in [0.15, 0.2) is 0 Å². The molecule has 0 saturated carbocycles. The van der Waals surface area contributed by atoms with Gasteiger partial charge in [-0.05, 0) is 24.6 Å². The number of benzene rings is 1. The van der Waals surface area contributed by atoms with Gasteiger partial charge in [-0.2, -0.15) is 0 Å². The van der Waals surface area contributed by atoms with Crippen molar-refractivity contribution in [3.63, 3.8) is 0 Å². The smallest absolute Gasteiger partial charge is 0.337 e. The Balaban J connectivity index is 2.53. The van der Waals surface area contributed by atoms with Gasteiger partial charge >= 0.3 is 5.97 Å². The monoisotopic (exact) mass is 262 g/mol. The summed E-state index contributed by atoms with van der Waals surface area (Å²) in [5.74, 6) is -0.383. The number of hydrogen-bond acceptors (Lipinski definition) is 4. The summed E-state index contributed by atoms with van der Waals surface area (Å²) in [5, 5.41) is 0.315. The van der Waals surface area contributed by atoms with Crippen LogP contribution in [0.25, 0.3) is 11.3 Å². The van der Waals surface area contributed by atoms with Crippen molar-refractivity contribution in [1.29, 1.82) is 0 Å². The van der Waals surface area contributed by atoms with Crippen LogP contribution in [0.4, 0.5) is 0 Å². The Kier molecular flexibility index (Phi) is 3.58. The summed E-state index contributed by atoms with van der Waals surface area (Å²) >= 11 is 5.81. The van der Waals surface area contributed by atoms with E-state index in [0.29, 0.717) is 16.4 Å². The molecule has 2 rings (SSSR count). The fourth-order valence-corrected chi connectivity index (χ4v) is 1.76. The van der Waals surface area contributed by atoms with Gasteiger partial charge in [-0.15, -0.1) is 0 Å². The molecular formula is C13H11ClN2O2. The highest BCUT2D eigenvalue weighted by atomic mass is 35.5. The van der Waals surface area contributed by atoms with Crippen LogP contribution < -0.4 is 0 Å². The number of carbonyl (C=O) groups excluding carboxylic acids is 1. The number of hydrogen-bond donors (Lipinski definition) is 0. The molecule has 0 radical (unpaired) electrons. The maximum Gasteiger partial charge on any atom is 0.337 e. The minimum Gasteiger partial charge on any atom is -0.465 e. The Labute approximate surface area is 110 Å². The van der Waals surface area contributed by atoms with E-state index in [2.05, 4.69) is 14.7 Å². The highest BCUT2D eigenvalue weighted by Crippen LogP contribution is 2.23. The van der Waals surface area contributed by atoms with Crippen LogP contribution in [0.2, 0.25) is 5.15 Å². The molecule has 0 amide bonds. The van der Waals surface area contributed by atoms with E-state index in [1.54, 1.807) is 18.3 Å². The molecule has 0 spiro atoms. The van der Waals surface area contributed by atoms with Crippen molar-refractivity contribution < 1.29 is 9.53 Å². The van der Waals surface area contributed by atoms with Crippen molar-refractivity contribution in [3.05, 3.63) is 46.9 Å². The van der Waals surface area contributed by atoms with Gasteiger partial charge in [0.05, 0.1) is 30.8 Å². The summed E-state index contributed by atoms with van der Waals surface area (Å²) in [6.45, 7) is 1.93. The van der Waals surface area contributed by atoms with Crippen LogP contribution in [0.15, 0.2) is 30.6 Å². The van der Waals surface area contributed by atoms with E-state index in [9.17, 15) is 4.79 Å². The molecule has 0 atom stereocenters. The zero-order chi connectivity index (χ0) is 13.1. The normalized spacial score (nSPS) is 10.2.